The Balaban J connectivity index is 2.37. The molecule has 1 heterocycles. The number of hydrogen-bond donors (Lipinski definition) is 1. The molecular formula is C14H15BrClNO. The van der Waals surface area contributed by atoms with Crippen LogP contribution >= 0.6 is 27.5 Å². The molecule has 1 aromatic heterocycles. The molecule has 0 radical (unpaired) electrons. The quantitative estimate of drug-likeness (QED) is 0.897. The first-order valence-corrected chi connectivity index (χ1v) is 6.95. The van der Waals surface area contributed by atoms with Crippen molar-refractivity contribution in [2.24, 2.45) is 5.73 Å². The molecule has 96 valence electrons. The highest BCUT2D eigenvalue weighted by molar-refractivity contribution is 9.10. The van der Waals surface area contributed by atoms with Crippen LogP contribution in [0.3, 0.4) is 0 Å². The van der Waals surface area contributed by atoms with Gasteiger partial charge in [0.1, 0.15) is 11.5 Å². The standard InChI is InChI=1S/C14H15BrClNO/c1-8-5-12(15)11(7-13(8)16)14-4-3-10(18-14)6-9(2)17/h3-5,7,9H,6,17H2,1-2H3. The minimum absolute atomic E-state index is 0.0917. The molecule has 1 atom stereocenters. The Morgan fingerprint density at radius 2 is 2.11 bits per heavy atom. The molecule has 2 N–H and O–H groups in total. The molecule has 0 aliphatic heterocycles. The molecular weight excluding hydrogens is 314 g/mol. The molecule has 0 bridgehead atoms. The highest BCUT2D eigenvalue weighted by Gasteiger charge is 2.11. The number of aryl methyl sites for hydroxylation is 1. The Morgan fingerprint density at radius 3 is 2.78 bits per heavy atom. The molecule has 1 unspecified atom stereocenters. The van der Waals surface area contributed by atoms with Crippen LogP contribution in [0.4, 0.5) is 0 Å². The number of benzene rings is 1. The summed E-state index contributed by atoms with van der Waals surface area (Å²) < 4.78 is 6.77. The summed E-state index contributed by atoms with van der Waals surface area (Å²) in [5, 5.41) is 0.735. The Hall–Kier alpha value is -0.770. The third-order valence-electron chi connectivity index (χ3n) is 2.70. The van der Waals surface area contributed by atoms with Crippen LogP contribution in [0, 0.1) is 6.92 Å². The zero-order chi connectivity index (χ0) is 13.3. The zero-order valence-corrected chi connectivity index (χ0v) is 12.7. The van der Waals surface area contributed by atoms with E-state index in [1.54, 1.807) is 0 Å². The first kappa shape index (κ1) is 13.7. The van der Waals surface area contributed by atoms with E-state index in [9.17, 15) is 0 Å². The average Bonchev–Trinajstić information content (AvgIpc) is 2.70. The lowest BCUT2D eigenvalue weighted by Crippen LogP contribution is -2.17. The second-order valence-corrected chi connectivity index (χ2v) is 5.79. The van der Waals surface area contributed by atoms with Crippen LogP contribution in [-0.2, 0) is 6.42 Å². The number of furan rings is 1. The maximum absolute atomic E-state index is 6.14. The van der Waals surface area contributed by atoms with Gasteiger partial charge in [0, 0.05) is 27.5 Å². The summed E-state index contributed by atoms with van der Waals surface area (Å²) in [4.78, 5) is 0. The predicted molar refractivity (Wildman–Crippen MR) is 78.9 cm³/mol. The fourth-order valence-electron chi connectivity index (χ4n) is 1.78. The fourth-order valence-corrected chi connectivity index (χ4v) is 2.60. The van der Waals surface area contributed by atoms with Crippen LogP contribution in [-0.4, -0.2) is 6.04 Å². The van der Waals surface area contributed by atoms with Gasteiger partial charge in [-0.1, -0.05) is 27.5 Å². The van der Waals surface area contributed by atoms with Gasteiger partial charge >= 0.3 is 0 Å². The van der Waals surface area contributed by atoms with E-state index in [1.807, 2.05) is 38.1 Å². The highest BCUT2D eigenvalue weighted by Crippen LogP contribution is 2.34. The van der Waals surface area contributed by atoms with Crippen molar-refractivity contribution in [2.45, 2.75) is 26.3 Å². The maximum atomic E-state index is 6.14. The maximum Gasteiger partial charge on any atom is 0.135 e. The number of hydrogen-bond acceptors (Lipinski definition) is 2. The molecule has 2 aromatic rings. The topological polar surface area (TPSA) is 39.2 Å². The van der Waals surface area contributed by atoms with E-state index in [0.717, 1.165) is 38.6 Å². The summed E-state index contributed by atoms with van der Waals surface area (Å²) in [7, 11) is 0. The lowest BCUT2D eigenvalue weighted by molar-refractivity contribution is 0.503. The molecule has 0 aliphatic carbocycles. The number of nitrogens with two attached hydrogens (primary N) is 1. The van der Waals surface area contributed by atoms with Crippen molar-refractivity contribution >= 4 is 27.5 Å². The van der Waals surface area contributed by atoms with Gasteiger partial charge in [-0.15, -0.1) is 0 Å². The van der Waals surface area contributed by atoms with E-state index in [0.29, 0.717) is 0 Å². The second-order valence-electron chi connectivity index (χ2n) is 4.53. The minimum atomic E-state index is 0.0917. The van der Waals surface area contributed by atoms with Gasteiger partial charge in [-0.3, -0.25) is 0 Å². The van der Waals surface area contributed by atoms with E-state index in [2.05, 4.69) is 15.9 Å². The van der Waals surface area contributed by atoms with Gasteiger partial charge in [-0.2, -0.15) is 0 Å². The SMILES string of the molecule is Cc1cc(Br)c(-c2ccc(CC(C)N)o2)cc1Cl. The van der Waals surface area contributed by atoms with Crippen LogP contribution in [0.5, 0.6) is 0 Å². The van der Waals surface area contributed by atoms with Crippen molar-refractivity contribution in [3.8, 4) is 11.3 Å². The van der Waals surface area contributed by atoms with Crippen LogP contribution < -0.4 is 5.73 Å². The predicted octanol–water partition coefficient (Wildman–Crippen LogP) is 4.56. The summed E-state index contributed by atoms with van der Waals surface area (Å²) in [5.74, 6) is 1.70. The molecule has 0 saturated heterocycles. The van der Waals surface area contributed by atoms with Crippen LogP contribution in [0.2, 0.25) is 5.02 Å². The Labute approximate surface area is 120 Å². The van der Waals surface area contributed by atoms with E-state index in [-0.39, 0.29) is 6.04 Å². The first-order valence-electron chi connectivity index (χ1n) is 5.77. The third-order valence-corrected chi connectivity index (χ3v) is 3.76. The summed E-state index contributed by atoms with van der Waals surface area (Å²) in [6.07, 6.45) is 0.733. The van der Waals surface area contributed by atoms with E-state index in [4.69, 9.17) is 21.8 Å². The van der Waals surface area contributed by atoms with Gasteiger partial charge in [-0.05, 0) is 43.7 Å². The Kier molecular flexibility index (Phi) is 4.15. The molecule has 4 heteroatoms. The summed E-state index contributed by atoms with van der Waals surface area (Å²) in [5.41, 5.74) is 7.75. The lowest BCUT2D eigenvalue weighted by Gasteiger charge is -2.05. The van der Waals surface area contributed by atoms with E-state index in [1.165, 1.54) is 0 Å². The Bertz CT molecular complexity index is 563. The van der Waals surface area contributed by atoms with Gasteiger partial charge in [0.2, 0.25) is 0 Å². The minimum Gasteiger partial charge on any atom is -0.461 e. The molecule has 0 amide bonds. The zero-order valence-electron chi connectivity index (χ0n) is 10.3. The van der Waals surface area contributed by atoms with Crippen molar-refractivity contribution in [1.29, 1.82) is 0 Å². The number of rotatable bonds is 3. The molecule has 1 aromatic carbocycles. The largest absolute Gasteiger partial charge is 0.461 e. The van der Waals surface area contributed by atoms with Gasteiger partial charge in [-0.25, -0.2) is 0 Å². The van der Waals surface area contributed by atoms with Gasteiger partial charge in [0.15, 0.2) is 0 Å². The average molecular weight is 329 g/mol. The molecule has 0 aliphatic rings. The summed E-state index contributed by atoms with van der Waals surface area (Å²) >= 11 is 9.68. The summed E-state index contributed by atoms with van der Waals surface area (Å²) in [6.45, 7) is 3.93. The molecule has 0 fully saturated rings. The van der Waals surface area contributed by atoms with Crippen LogP contribution in [0.25, 0.3) is 11.3 Å². The van der Waals surface area contributed by atoms with Crippen molar-refractivity contribution in [3.05, 3.63) is 45.1 Å². The van der Waals surface area contributed by atoms with Crippen molar-refractivity contribution in [3.63, 3.8) is 0 Å². The van der Waals surface area contributed by atoms with Crippen LogP contribution in [0.1, 0.15) is 18.2 Å². The summed E-state index contributed by atoms with van der Waals surface area (Å²) in [6, 6.07) is 7.90. The number of halogens is 2. The lowest BCUT2D eigenvalue weighted by atomic mass is 10.1. The molecule has 2 nitrogen and oxygen atoms in total. The van der Waals surface area contributed by atoms with E-state index >= 15 is 0 Å². The Morgan fingerprint density at radius 1 is 1.39 bits per heavy atom. The van der Waals surface area contributed by atoms with Crippen LogP contribution in [0.15, 0.2) is 33.2 Å². The van der Waals surface area contributed by atoms with Crippen molar-refractivity contribution in [1.82, 2.24) is 0 Å². The molecule has 2 rings (SSSR count). The fraction of sp³-hybridized carbons (Fsp3) is 0.286. The highest BCUT2D eigenvalue weighted by atomic mass is 79.9. The monoisotopic (exact) mass is 327 g/mol. The van der Waals surface area contributed by atoms with Gasteiger partial charge in [0.25, 0.3) is 0 Å². The molecule has 18 heavy (non-hydrogen) atoms. The molecule has 0 spiro atoms. The van der Waals surface area contributed by atoms with E-state index < -0.39 is 0 Å². The third kappa shape index (κ3) is 2.97. The first-order chi connectivity index (χ1) is 8.47. The van der Waals surface area contributed by atoms with Gasteiger partial charge in [0.05, 0.1) is 0 Å². The normalized spacial score (nSPS) is 12.7. The van der Waals surface area contributed by atoms with Crippen molar-refractivity contribution in [2.75, 3.05) is 0 Å². The molecule has 0 saturated carbocycles. The van der Waals surface area contributed by atoms with Gasteiger partial charge < -0.3 is 10.2 Å². The smallest absolute Gasteiger partial charge is 0.135 e. The van der Waals surface area contributed by atoms with Crippen molar-refractivity contribution < 1.29 is 4.42 Å². The second kappa shape index (κ2) is 5.47.